The third kappa shape index (κ3) is 2.35. The molecule has 0 saturated carbocycles. The van der Waals surface area contributed by atoms with Gasteiger partial charge in [0.25, 0.3) is 0 Å². The van der Waals surface area contributed by atoms with Gasteiger partial charge in [0.05, 0.1) is 21.3 Å². The van der Waals surface area contributed by atoms with Crippen molar-refractivity contribution in [3.05, 3.63) is 17.2 Å². The fourth-order valence-electron chi connectivity index (χ4n) is 1.78. The van der Waals surface area contributed by atoms with E-state index >= 15 is 0 Å². The molecule has 0 bridgehead atoms. The lowest BCUT2D eigenvalue weighted by Gasteiger charge is -2.16. The largest absolute Gasteiger partial charge is 0.496 e. The molecule has 4 heteroatoms. The Bertz CT molecular complexity index is 424. The van der Waals surface area contributed by atoms with Crippen molar-refractivity contribution in [1.82, 2.24) is 0 Å². The summed E-state index contributed by atoms with van der Waals surface area (Å²) in [4.78, 5) is 11.9. The third-order valence-electron chi connectivity index (χ3n) is 2.69. The van der Waals surface area contributed by atoms with Crippen molar-refractivity contribution in [2.45, 2.75) is 20.3 Å². The lowest BCUT2D eigenvalue weighted by atomic mass is 10.0. The van der Waals surface area contributed by atoms with Crippen LogP contribution in [-0.4, -0.2) is 27.1 Å². The van der Waals surface area contributed by atoms with E-state index in [4.69, 9.17) is 14.2 Å². The van der Waals surface area contributed by atoms with E-state index in [2.05, 4.69) is 0 Å². The van der Waals surface area contributed by atoms with Crippen LogP contribution in [0.25, 0.3) is 0 Å². The highest BCUT2D eigenvalue weighted by Gasteiger charge is 2.22. The van der Waals surface area contributed by atoms with Crippen molar-refractivity contribution < 1.29 is 19.0 Å². The zero-order chi connectivity index (χ0) is 13.0. The summed E-state index contributed by atoms with van der Waals surface area (Å²) in [7, 11) is 4.63. The Hall–Kier alpha value is -1.71. The molecule has 0 N–H and O–H groups in total. The first-order chi connectivity index (χ1) is 8.10. The van der Waals surface area contributed by atoms with Gasteiger partial charge in [0.15, 0.2) is 5.78 Å². The van der Waals surface area contributed by atoms with Crippen LogP contribution in [0.2, 0.25) is 0 Å². The summed E-state index contributed by atoms with van der Waals surface area (Å²) in [6.07, 6.45) is 0.401. The van der Waals surface area contributed by atoms with Gasteiger partial charge in [-0.25, -0.2) is 0 Å². The minimum Gasteiger partial charge on any atom is -0.496 e. The van der Waals surface area contributed by atoms with Crippen LogP contribution in [0.15, 0.2) is 6.07 Å². The smallest absolute Gasteiger partial charge is 0.170 e. The number of hydrogen-bond donors (Lipinski definition) is 0. The van der Waals surface area contributed by atoms with E-state index in [0.29, 0.717) is 29.2 Å². The van der Waals surface area contributed by atoms with Gasteiger partial charge in [-0.2, -0.15) is 0 Å². The van der Waals surface area contributed by atoms with Crippen molar-refractivity contribution in [3.63, 3.8) is 0 Å². The molecular weight excluding hydrogens is 220 g/mol. The summed E-state index contributed by atoms with van der Waals surface area (Å²) < 4.78 is 15.8. The molecule has 0 atom stereocenters. The van der Waals surface area contributed by atoms with E-state index in [1.165, 1.54) is 14.2 Å². The van der Waals surface area contributed by atoms with Crippen molar-refractivity contribution in [1.29, 1.82) is 0 Å². The van der Waals surface area contributed by atoms with E-state index in [0.717, 1.165) is 5.56 Å². The minimum absolute atomic E-state index is 0.00977. The number of hydrogen-bond acceptors (Lipinski definition) is 4. The van der Waals surface area contributed by atoms with Crippen LogP contribution in [0, 0.1) is 6.92 Å². The number of carbonyl (C=O) groups is 1. The van der Waals surface area contributed by atoms with Gasteiger partial charge in [0, 0.05) is 18.1 Å². The first-order valence-corrected chi connectivity index (χ1v) is 5.43. The predicted octanol–water partition coefficient (Wildman–Crippen LogP) is 2.61. The zero-order valence-electron chi connectivity index (χ0n) is 10.9. The molecular formula is C13H18O4. The molecule has 1 aromatic rings. The van der Waals surface area contributed by atoms with Crippen LogP contribution in [-0.2, 0) is 0 Å². The number of Topliss-reactive ketones (excluding diaryl/α,β-unsaturated/α-hetero) is 1. The van der Waals surface area contributed by atoms with Crippen LogP contribution in [0.3, 0.4) is 0 Å². The predicted molar refractivity (Wildman–Crippen MR) is 65.5 cm³/mol. The topological polar surface area (TPSA) is 44.8 Å². The summed E-state index contributed by atoms with van der Waals surface area (Å²) >= 11 is 0. The van der Waals surface area contributed by atoms with Crippen LogP contribution in [0.1, 0.15) is 29.3 Å². The summed E-state index contributed by atoms with van der Waals surface area (Å²) in [5.41, 5.74) is 1.28. The summed E-state index contributed by atoms with van der Waals surface area (Å²) in [5, 5.41) is 0. The molecule has 0 aliphatic carbocycles. The van der Waals surface area contributed by atoms with Gasteiger partial charge in [-0.15, -0.1) is 0 Å². The summed E-state index contributed by atoms with van der Waals surface area (Å²) in [5.74, 6) is 1.64. The van der Waals surface area contributed by atoms with Gasteiger partial charge >= 0.3 is 0 Å². The molecule has 0 saturated heterocycles. The average Bonchev–Trinajstić information content (AvgIpc) is 2.37. The van der Waals surface area contributed by atoms with Crippen LogP contribution < -0.4 is 14.2 Å². The lowest BCUT2D eigenvalue weighted by Crippen LogP contribution is -2.06. The summed E-state index contributed by atoms with van der Waals surface area (Å²) in [6, 6.07) is 1.71. The van der Waals surface area contributed by atoms with Gasteiger partial charge in [-0.05, 0) is 6.92 Å². The Balaban J connectivity index is 3.54. The van der Waals surface area contributed by atoms with Crippen LogP contribution in [0.5, 0.6) is 17.2 Å². The molecule has 0 unspecified atom stereocenters. The Morgan fingerprint density at radius 3 is 2.12 bits per heavy atom. The SMILES string of the molecule is CCC(=O)c1c(OC)cc(OC)c(C)c1OC. The van der Waals surface area contributed by atoms with Crippen LogP contribution in [0.4, 0.5) is 0 Å². The number of benzene rings is 1. The molecule has 0 amide bonds. The molecule has 0 aliphatic rings. The lowest BCUT2D eigenvalue weighted by molar-refractivity contribution is 0.0982. The first kappa shape index (κ1) is 13.4. The Labute approximate surface area is 101 Å². The van der Waals surface area contributed by atoms with Gasteiger partial charge in [0.2, 0.25) is 0 Å². The molecule has 17 heavy (non-hydrogen) atoms. The second kappa shape index (κ2) is 5.57. The number of carbonyl (C=O) groups excluding carboxylic acids is 1. The maximum Gasteiger partial charge on any atom is 0.170 e. The van der Waals surface area contributed by atoms with Crippen LogP contribution >= 0.6 is 0 Å². The quantitative estimate of drug-likeness (QED) is 0.740. The van der Waals surface area contributed by atoms with Gasteiger partial charge in [-0.3, -0.25) is 4.79 Å². The van der Waals surface area contributed by atoms with Gasteiger partial charge < -0.3 is 14.2 Å². The van der Waals surface area contributed by atoms with Crippen molar-refractivity contribution in [3.8, 4) is 17.2 Å². The van der Waals surface area contributed by atoms with Gasteiger partial charge in [-0.1, -0.05) is 6.92 Å². The minimum atomic E-state index is -0.00977. The van der Waals surface area contributed by atoms with E-state index in [9.17, 15) is 4.79 Å². The van der Waals surface area contributed by atoms with Gasteiger partial charge in [0.1, 0.15) is 22.8 Å². The Kier molecular flexibility index (Phi) is 4.37. The fourth-order valence-corrected chi connectivity index (χ4v) is 1.78. The highest BCUT2D eigenvalue weighted by atomic mass is 16.5. The van der Waals surface area contributed by atoms with E-state index in [-0.39, 0.29) is 5.78 Å². The van der Waals surface area contributed by atoms with Crippen molar-refractivity contribution in [2.75, 3.05) is 21.3 Å². The molecule has 0 aromatic heterocycles. The second-order valence-corrected chi connectivity index (χ2v) is 3.59. The van der Waals surface area contributed by atoms with E-state index in [1.807, 2.05) is 6.92 Å². The number of methoxy groups -OCH3 is 3. The fraction of sp³-hybridized carbons (Fsp3) is 0.462. The first-order valence-electron chi connectivity index (χ1n) is 5.43. The number of ether oxygens (including phenoxy) is 3. The molecule has 0 spiro atoms. The molecule has 0 heterocycles. The Morgan fingerprint density at radius 1 is 1.12 bits per heavy atom. The third-order valence-corrected chi connectivity index (χ3v) is 2.69. The molecule has 0 aliphatic heterocycles. The summed E-state index contributed by atoms with van der Waals surface area (Å²) in [6.45, 7) is 3.66. The second-order valence-electron chi connectivity index (χ2n) is 3.59. The van der Waals surface area contributed by atoms with Crippen molar-refractivity contribution in [2.24, 2.45) is 0 Å². The maximum atomic E-state index is 11.9. The Morgan fingerprint density at radius 2 is 1.71 bits per heavy atom. The standard InChI is InChI=1S/C13H18O4/c1-6-9(14)12-11(16-4)7-10(15-3)8(2)13(12)17-5/h7H,6H2,1-5H3. The molecule has 0 radical (unpaired) electrons. The van der Waals surface area contributed by atoms with Crippen molar-refractivity contribution >= 4 is 5.78 Å². The molecule has 1 rings (SSSR count). The van der Waals surface area contributed by atoms with E-state index in [1.54, 1.807) is 20.1 Å². The average molecular weight is 238 g/mol. The highest BCUT2D eigenvalue weighted by Crippen LogP contribution is 2.39. The normalized spacial score (nSPS) is 9.94. The number of ketones is 1. The molecule has 0 fully saturated rings. The molecule has 4 nitrogen and oxygen atoms in total. The highest BCUT2D eigenvalue weighted by molar-refractivity contribution is 6.02. The maximum absolute atomic E-state index is 11.9. The molecule has 1 aromatic carbocycles. The monoisotopic (exact) mass is 238 g/mol. The van der Waals surface area contributed by atoms with E-state index < -0.39 is 0 Å². The number of rotatable bonds is 5. The molecule has 94 valence electrons. The zero-order valence-corrected chi connectivity index (χ0v) is 10.9.